The van der Waals surface area contributed by atoms with Gasteiger partial charge in [-0.05, 0) is 31.2 Å². The number of rotatable bonds is 6. The Morgan fingerprint density at radius 1 is 1.29 bits per heavy atom. The van der Waals surface area contributed by atoms with Gasteiger partial charge in [-0.15, -0.1) is 0 Å². The van der Waals surface area contributed by atoms with Gasteiger partial charge in [0.25, 0.3) is 0 Å². The van der Waals surface area contributed by atoms with Gasteiger partial charge in [0.1, 0.15) is 5.75 Å². The molecule has 1 aliphatic heterocycles. The lowest BCUT2D eigenvalue weighted by atomic mass is 10.3. The van der Waals surface area contributed by atoms with Gasteiger partial charge in [-0.25, -0.2) is 4.79 Å². The Labute approximate surface area is 125 Å². The van der Waals surface area contributed by atoms with Crippen LogP contribution < -0.4 is 15.4 Å². The normalized spacial score (nSPS) is 15.5. The molecule has 1 aromatic rings. The lowest BCUT2D eigenvalue weighted by Crippen LogP contribution is -2.42. The molecule has 2 rings (SSSR count). The fraction of sp³-hybridized carbons (Fsp3) is 0.533. The van der Waals surface area contributed by atoms with E-state index in [-0.39, 0.29) is 6.03 Å². The van der Waals surface area contributed by atoms with Gasteiger partial charge < -0.3 is 20.1 Å². The first-order chi connectivity index (χ1) is 10.3. The summed E-state index contributed by atoms with van der Waals surface area (Å²) in [6.45, 7) is 7.47. The lowest BCUT2D eigenvalue weighted by molar-refractivity contribution is 0.0388. The number of morpholine rings is 1. The number of amides is 2. The van der Waals surface area contributed by atoms with Crippen molar-refractivity contribution in [3.05, 3.63) is 24.3 Å². The van der Waals surface area contributed by atoms with E-state index in [4.69, 9.17) is 9.47 Å². The molecular formula is C15H23N3O3. The van der Waals surface area contributed by atoms with E-state index in [1.807, 2.05) is 31.2 Å². The van der Waals surface area contributed by atoms with E-state index >= 15 is 0 Å². The minimum Gasteiger partial charge on any atom is -0.494 e. The van der Waals surface area contributed by atoms with Gasteiger partial charge in [0.2, 0.25) is 0 Å². The van der Waals surface area contributed by atoms with Crippen molar-refractivity contribution in [3.63, 3.8) is 0 Å². The summed E-state index contributed by atoms with van der Waals surface area (Å²) >= 11 is 0. The summed E-state index contributed by atoms with van der Waals surface area (Å²) in [5.41, 5.74) is 0.752. The van der Waals surface area contributed by atoms with Crippen molar-refractivity contribution in [1.29, 1.82) is 0 Å². The van der Waals surface area contributed by atoms with Crippen LogP contribution in [-0.2, 0) is 4.74 Å². The Balaban J connectivity index is 1.66. The predicted molar refractivity (Wildman–Crippen MR) is 81.9 cm³/mol. The molecule has 0 atom stereocenters. The third-order valence-corrected chi connectivity index (χ3v) is 3.24. The number of anilines is 1. The first kappa shape index (κ1) is 15.6. The number of hydrogen-bond acceptors (Lipinski definition) is 4. The fourth-order valence-corrected chi connectivity index (χ4v) is 2.13. The number of hydrogen-bond donors (Lipinski definition) is 2. The monoisotopic (exact) mass is 293 g/mol. The third kappa shape index (κ3) is 5.61. The number of nitrogens with zero attached hydrogens (tertiary/aromatic N) is 1. The summed E-state index contributed by atoms with van der Waals surface area (Å²) in [7, 11) is 0. The second-order valence-electron chi connectivity index (χ2n) is 4.79. The van der Waals surface area contributed by atoms with Crippen LogP contribution in [-0.4, -0.2) is 56.9 Å². The van der Waals surface area contributed by atoms with E-state index in [0.29, 0.717) is 13.2 Å². The molecular weight excluding hydrogens is 270 g/mol. The number of urea groups is 1. The summed E-state index contributed by atoms with van der Waals surface area (Å²) in [5.74, 6) is 0.802. The molecule has 0 unspecified atom stereocenters. The van der Waals surface area contributed by atoms with Gasteiger partial charge in [0, 0.05) is 31.9 Å². The Hall–Kier alpha value is -1.79. The summed E-state index contributed by atoms with van der Waals surface area (Å²) in [6, 6.07) is 7.14. The minimum absolute atomic E-state index is 0.188. The van der Waals surface area contributed by atoms with Crippen LogP contribution in [0.4, 0.5) is 10.5 Å². The first-order valence-electron chi connectivity index (χ1n) is 7.35. The predicted octanol–water partition coefficient (Wildman–Crippen LogP) is 1.54. The van der Waals surface area contributed by atoms with E-state index in [0.717, 1.165) is 44.3 Å². The molecule has 6 nitrogen and oxygen atoms in total. The zero-order chi connectivity index (χ0) is 14.9. The van der Waals surface area contributed by atoms with Gasteiger partial charge in [0.15, 0.2) is 0 Å². The Kier molecular flexibility index (Phi) is 6.30. The van der Waals surface area contributed by atoms with Crippen LogP contribution in [0.1, 0.15) is 6.92 Å². The minimum atomic E-state index is -0.188. The van der Waals surface area contributed by atoms with E-state index < -0.39 is 0 Å². The number of benzene rings is 1. The standard InChI is InChI=1S/C15H23N3O3/c1-2-21-14-5-3-13(4-6-14)17-15(19)16-7-8-18-9-11-20-12-10-18/h3-6H,2,7-12H2,1H3,(H2,16,17,19). The molecule has 1 heterocycles. The van der Waals surface area contributed by atoms with Crippen molar-refractivity contribution in [3.8, 4) is 5.75 Å². The molecule has 1 fully saturated rings. The molecule has 21 heavy (non-hydrogen) atoms. The molecule has 0 aliphatic carbocycles. The van der Waals surface area contributed by atoms with E-state index in [1.54, 1.807) is 0 Å². The largest absolute Gasteiger partial charge is 0.494 e. The number of carbonyl (C=O) groups excluding carboxylic acids is 1. The maximum absolute atomic E-state index is 11.8. The second-order valence-corrected chi connectivity index (χ2v) is 4.79. The van der Waals surface area contributed by atoms with Crippen LogP contribution in [0.25, 0.3) is 0 Å². The maximum Gasteiger partial charge on any atom is 0.319 e. The van der Waals surface area contributed by atoms with Crippen molar-refractivity contribution < 1.29 is 14.3 Å². The summed E-state index contributed by atoms with van der Waals surface area (Å²) in [6.07, 6.45) is 0. The van der Waals surface area contributed by atoms with Gasteiger partial charge >= 0.3 is 6.03 Å². The zero-order valence-electron chi connectivity index (χ0n) is 12.4. The second kappa shape index (κ2) is 8.49. The molecule has 0 bridgehead atoms. The van der Waals surface area contributed by atoms with Gasteiger partial charge in [0.05, 0.1) is 19.8 Å². The molecule has 2 amide bonds. The van der Waals surface area contributed by atoms with Crippen LogP contribution in [0, 0.1) is 0 Å². The maximum atomic E-state index is 11.8. The highest BCUT2D eigenvalue weighted by molar-refractivity contribution is 5.89. The van der Waals surface area contributed by atoms with Crippen molar-refractivity contribution in [2.75, 3.05) is 51.3 Å². The highest BCUT2D eigenvalue weighted by Gasteiger charge is 2.10. The number of nitrogens with one attached hydrogen (secondary N) is 2. The van der Waals surface area contributed by atoms with Crippen molar-refractivity contribution in [1.82, 2.24) is 10.2 Å². The van der Waals surface area contributed by atoms with E-state index in [1.165, 1.54) is 0 Å². The smallest absolute Gasteiger partial charge is 0.319 e. The van der Waals surface area contributed by atoms with Crippen molar-refractivity contribution in [2.45, 2.75) is 6.92 Å². The van der Waals surface area contributed by atoms with Crippen LogP contribution in [0.3, 0.4) is 0 Å². The summed E-state index contributed by atoms with van der Waals surface area (Å²) < 4.78 is 10.6. The van der Waals surface area contributed by atoms with Crippen molar-refractivity contribution in [2.24, 2.45) is 0 Å². The average Bonchev–Trinajstić information content (AvgIpc) is 2.51. The average molecular weight is 293 g/mol. The zero-order valence-corrected chi connectivity index (χ0v) is 12.4. The first-order valence-corrected chi connectivity index (χ1v) is 7.35. The number of carbonyl (C=O) groups is 1. The lowest BCUT2D eigenvalue weighted by Gasteiger charge is -2.26. The Bertz CT molecular complexity index is 430. The van der Waals surface area contributed by atoms with E-state index in [2.05, 4.69) is 15.5 Å². The van der Waals surface area contributed by atoms with E-state index in [9.17, 15) is 4.79 Å². The van der Waals surface area contributed by atoms with Crippen LogP contribution in [0.15, 0.2) is 24.3 Å². The molecule has 0 aromatic heterocycles. The Morgan fingerprint density at radius 2 is 2.00 bits per heavy atom. The highest BCUT2D eigenvalue weighted by atomic mass is 16.5. The molecule has 6 heteroatoms. The highest BCUT2D eigenvalue weighted by Crippen LogP contribution is 2.15. The molecule has 116 valence electrons. The van der Waals surface area contributed by atoms with Crippen LogP contribution in [0.5, 0.6) is 5.75 Å². The molecule has 2 N–H and O–H groups in total. The molecule has 0 spiro atoms. The van der Waals surface area contributed by atoms with Crippen LogP contribution >= 0.6 is 0 Å². The third-order valence-electron chi connectivity index (χ3n) is 3.24. The van der Waals surface area contributed by atoms with Gasteiger partial charge in [-0.3, -0.25) is 4.90 Å². The summed E-state index contributed by atoms with van der Waals surface area (Å²) in [5, 5.41) is 5.65. The van der Waals surface area contributed by atoms with Gasteiger partial charge in [-0.1, -0.05) is 0 Å². The topological polar surface area (TPSA) is 62.8 Å². The summed E-state index contributed by atoms with van der Waals surface area (Å²) in [4.78, 5) is 14.0. The Morgan fingerprint density at radius 3 is 2.67 bits per heavy atom. The molecule has 0 saturated carbocycles. The van der Waals surface area contributed by atoms with Gasteiger partial charge in [-0.2, -0.15) is 0 Å². The molecule has 1 aliphatic rings. The SMILES string of the molecule is CCOc1ccc(NC(=O)NCCN2CCOCC2)cc1. The molecule has 1 aromatic carbocycles. The fourth-order valence-electron chi connectivity index (χ4n) is 2.13. The molecule has 0 radical (unpaired) electrons. The molecule has 1 saturated heterocycles. The number of ether oxygens (including phenoxy) is 2. The van der Waals surface area contributed by atoms with Crippen molar-refractivity contribution >= 4 is 11.7 Å². The van der Waals surface area contributed by atoms with Crippen LogP contribution in [0.2, 0.25) is 0 Å². The quantitative estimate of drug-likeness (QED) is 0.835.